The van der Waals surface area contributed by atoms with Crippen LogP contribution in [-0.2, 0) is 13.6 Å². The van der Waals surface area contributed by atoms with E-state index in [1.807, 2.05) is 22.9 Å². The number of nitrogens with one attached hydrogen (secondary N) is 1. The number of carbonyl (C=O) groups is 1. The molecule has 4 aromatic rings. The third-order valence-electron chi connectivity index (χ3n) is 3.92. The zero-order valence-corrected chi connectivity index (χ0v) is 14.0. The third-order valence-corrected chi connectivity index (χ3v) is 3.92. The fraction of sp³-hybridized carbons (Fsp3) is 0.111. The van der Waals surface area contributed by atoms with Gasteiger partial charge in [0.25, 0.3) is 5.91 Å². The Balaban J connectivity index is 1.56. The minimum absolute atomic E-state index is 0.213. The van der Waals surface area contributed by atoms with Crippen molar-refractivity contribution in [1.29, 1.82) is 0 Å². The van der Waals surface area contributed by atoms with Gasteiger partial charge in [-0.25, -0.2) is 9.97 Å². The summed E-state index contributed by atoms with van der Waals surface area (Å²) in [6, 6.07) is 5.53. The van der Waals surface area contributed by atoms with Crippen molar-refractivity contribution >= 4 is 5.91 Å². The Morgan fingerprint density at radius 2 is 2.23 bits per heavy atom. The number of pyridine rings is 1. The molecule has 0 aliphatic heterocycles. The van der Waals surface area contributed by atoms with Crippen molar-refractivity contribution < 1.29 is 9.21 Å². The van der Waals surface area contributed by atoms with Gasteiger partial charge in [0.15, 0.2) is 0 Å². The molecule has 4 heterocycles. The number of aryl methyl sites for hydroxylation is 1. The molecule has 0 bridgehead atoms. The Labute approximate surface area is 149 Å². The van der Waals surface area contributed by atoms with Gasteiger partial charge in [-0.1, -0.05) is 6.07 Å². The predicted molar refractivity (Wildman–Crippen MR) is 93.4 cm³/mol. The van der Waals surface area contributed by atoms with Crippen LogP contribution in [0.3, 0.4) is 0 Å². The molecule has 8 heteroatoms. The first-order chi connectivity index (χ1) is 12.7. The molecular weight excluding hydrogens is 332 g/mol. The van der Waals surface area contributed by atoms with Gasteiger partial charge in [-0.05, 0) is 12.1 Å². The van der Waals surface area contributed by atoms with Crippen molar-refractivity contribution in [1.82, 2.24) is 29.6 Å². The quantitative estimate of drug-likeness (QED) is 0.597. The molecule has 0 saturated heterocycles. The summed E-state index contributed by atoms with van der Waals surface area (Å²) in [6.45, 7) is 0.333. The number of imidazole rings is 1. The van der Waals surface area contributed by atoms with Gasteiger partial charge < -0.3 is 9.73 Å². The lowest BCUT2D eigenvalue weighted by Crippen LogP contribution is -2.24. The third kappa shape index (κ3) is 3.00. The SMILES string of the molecule is Cn1cc(C(=O)NCc2cccnc2-n2ccnc2)c(-c2ccoc2)n1. The molecular formula is C18H16N6O2. The first-order valence-corrected chi connectivity index (χ1v) is 7.99. The van der Waals surface area contributed by atoms with E-state index in [4.69, 9.17) is 4.42 Å². The van der Waals surface area contributed by atoms with E-state index in [-0.39, 0.29) is 5.91 Å². The highest BCUT2D eigenvalue weighted by Crippen LogP contribution is 2.22. The summed E-state index contributed by atoms with van der Waals surface area (Å²) in [7, 11) is 1.78. The molecule has 8 nitrogen and oxygen atoms in total. The van der Waals surface area contributed by atoms with Crippen molar-refractivity contribution in [2.24, 2.45) is 7.05 Å². The second-order valence-corrected chi connectivity index (χ2v) is 5.72. The summed E-state index contributed by atoms with van der Waals surface area (Å²) in [5.74, 6) is 0.515. The standard InChI is InChI=1S/C18H16N6O2/c1-23-10-15(16(22-23)14-4-8-26-11-14)18(25)21-9-13-3-2-5-20-17(13)24-7-6-19-12-24/h2-8,10-12H,9H2,1H3,(H,21,25). The highest BCUT2D eigenvalue weighted by atomic mass is 16.3. The van der Waals surface area contributed by atoms with E-state index in [1.165, 1.54) is 0 Å². The van der Waals surface area contributed by atoms with Gasteiger partial charge in [0.05, 0.1) is 18.1 Å². The number of nitrogens with zero attached hydrogens (tertiary/aromatic N) is 5. The fourth-order valence-electron chi connectivity index (χ4n) is 2.72. The molecule has 0 aromatic carbocycles. The summed E-state index contributed by atoms with van der Waals surface area (Å²) in [6.07, 6.45) is 11.7. The Morgan fingerprint density at radius 3 is 3.00 bits per heavy atom. The molecule has 4 rings (SSSR count). The Kier molecular flexibility index (Phi) is 4.06. The Hall–Kier alpha value is -3.68. The number of carbonyl (C=O) groups excluding carboxylic acids is 1. The molecule has 4 aromatic heterocycles. The van der Waals surface area contributed by atoms with Crippen LogP contribution in [0.2, 0.25) is 0 Å². The van der Waals surface area contributed by atoms with E-state index >= 15 is 0 Å². The van der Waals surface area contributed by atoms with Crippen molar-refractivity contribution in [2.45, 2.75) is 6.54 Å². The van der Waals surface area contributed by atoms with E-state index < -0.39 is 0 Å². The van der Waals surface area contributed by atoms with Crippen LogP contribution in [0.5, 0.6) is 0 Å². The first-order valence-electron chi connectivity index (χ1n) is 7.99. The van der Waals surface area contributed by atoms with Gasteiger partial charge in [-0.3, -0.25) is 14.0 Å². The molecule has 0 aliphatic rings. The molecule has 0 radical (unpaired) electrons. The summed E-state index contributed by atoms with van der Waals surface area (Å²) in [5.41, 5.74) is 2.71. The van der Waals surface area contributed by atoms with Gasteiger partial charge in [0.2, 0.25) is 0 Å². The largest absolute Gasteiger partial charge is 0.472 e. The second kappa shape index (κ2) is 6.67. The lowest BCUT2D eigenvalue weighted by Gasteiger charge is -2.10. The molecule has 0 fully saturated rings. The van der Waals surface area contributed by atoms with Crippen LogP contribution in [0.15, 0.2) is 66.3 Å². The smallest absolute Gasteiger partial charge is 0.255 e. The number of rotatable bonds is 5. The Bertz CT molecular complexity index is 1020. The number of furan rings is 1. The highest BCUT2D eigenvalue weighted by Gasteiger charge is 2.18. The number of aromatic nitrogens is 5. The summed E-state index contributed by atoms with van der Waals surface area (Å²) < 4.78 is 8.52. The predicted octanol–water partition coefficient (Wildman–Crippen LogP) is 2.19. The zero-order chi connectivity index (χ0) is 17.9. The molecule has 0 unspecified atom stereocenters. The molecule has 0 atom stereocenters. The fourth-order valence-corrected chi connectivity index (χ4v) is 2.72. The normalized spacial score (nSPS) is 10.8. The van der Waals surface area contributed by atoms with Gasteiger partial charge in [0.1, 0.15) is 17.8 Å². The van der Waals surface area contributed by atoms with Gasteiger partial charge >= 0.3 is 0 Å². The lowest BCUT2D eigenvalue weighted by molar-refractivity contribution is 0.0951. The first kappa shape index (κ1) is 15.8. The number of hydrogen-bond acceptors (Lipinski definition) is 5. The topological polar surface area (TPSA) is 90.8 Å². The maximum absolute atomic E-state index is 12.7. The van der Waals surface area contributed by atoms with E-state index in [0.717, 1.165) is 16.9 Å². The van der Waals surface area contributed by atoms with Gasteiger partial charge in [-0.2, -0.15) is 5.10 Å². The lowest BCUT2D eigenvalue weighted by atomic mass is 10.1. The van der Waals surface area contributed by atoms with Crippen LogP contribution in [0.1, 0.15) is 15.9 Å². The maximum atomic E-state index is 12.7. The van der Waals surface area contributed by atoms with E-state index in [1.54, 1.807) is 55.2 Å². The second-order valence-electron chi connectivity index (χ2n) is 5.72. The molecule has 26 heavy (non-hydrogen) atoms. The average Bonchev–Trinajstić information content (AvgIpc) is 3.40. The van der Waals surface area contributed by atoms with Crippen molar-refractivity contribution in [3.05, 3.63) is 73.0 Å². The maximum Gasteiger partial charge on any atom is 0.255 e. The van der Waals surface area contributed by atoms with Crippen LogP contribution in [0, 0.1) is 0 Å². The average molecular weight is 348 g/mol. The van der Waals surface area contributed by atoms with Crippen LogP contribution in [0.4, 0.5) is 0 Å². The van der Waals surface area contributed by atoms with E-state index in [9.17, 15) is 4.79 Å². The summed E-state index contributed by atoms with van der Waals surface area (Å²) in [4.78, 5) is 21.1. The molecule has 0 saturated carbocycles. The van der Waals surface area contributed by atoms with Gasteiger partial charge in [0, 0.05) is 49.5 Å². The molecule has 1 N–H and O–H groups in total. The van der Waals surface area contributed by atoms with Gasteiger partial charge in [-0.15, -0.1) is 0 Å². The highest BCUT2D eigenvalue weighted by molar-refractivity contribution is 5.99. The van der Waals surface area contributed by atoms with Crippen LogP contribution in [-0.4, -0.2) is 30.2 Å². The molecule has 1 amide bonds. The van der Waals surface area contributed by atoms with E-state index in [0.29, 0.717) is 17.8 Å². The van der Waals surface area contributed by atoms with E-state index in [2.05, 4.69) is 20.4 Å². The molecule has 130 valence electrons. The minimum atomic E-state index is -0.213. The van der Waals surface area contributed by atoms with Crippen molar-refractivity contribution in [2.75, 3.05) is 0 Å². The van der Waals surface area contributed by atoms with Crippen LogP contribution >= 0.6 is 0 Å². The number of amides is 1. The minimum Gasteiger partial charge on any atom is -0.472 e. The van der Waals surface area contributed by atoms with Crippen LogP contribution in [0.25, 0.3) is 17.1 Å². The zero-order valence-electron chi connectivity index (χ0n) is 14.0. The Morgan fingerprint density at radius 1 is 1.31 bits per heavy atom. The summed E-state index contributed by atoms with van der Waals surface area (Å²) in [5, 5.41) is 7.30. The molecule has 0 spiro atoms. The summed E-state index contributed by atoms with van der Waals surface area (Å²) >= 11 is 0. The molecule has 0 aliphatic carbocycles. The number of hydrogen-bond donors (Lipinski definition) is 1. The monoisotopic (exact) mass is 348 g/mol. The van der Waals surface area contributed by atoms with Crippen LogP contribution < -0.4 is 5.32 Å². The van der Waals surface area contributed by atoms with Crippen molar-refractivity contribution in [3.8, 4) is 17.1 Å². The van der Waals surface area contributed by atoms with Crippen molar-refractivity contribution in [3.63, 3.8) is 0 Å².